The summed E-state index contributed by atoms with van der Waals surface area (Å²) in [4.78, 5) is 28.9. The van der Waals surface area contributed by atoms with Crippen LogP contribution < -0.4 is 0 Å². The monoisotopic (exact) mass is 553 g/mol. The molecule has 3 atom stereocenters. The van der Waals surface area contributed by atoms with Gasteiger partial charge in [-0.3, -0.25) is 14.9 Å². The zero-order valence-corrected chi connectivity index (χ0v) is 19.7. The predicted molar refractivity (Wildman–Crippen MR) is 118 cm³/mol. The molecule has 0 aromatic carbocycles. The van der Waals surface area contributed by atoms with Gasteiger partial charge in [0.25, 0.3) is 0 Å². The number of carboxylic acid groups (broad SMARTS) is 2. The summed E-state index contributed by atoms with van der Waals surface area (Å²) in [6, 6.07) is 10.5. The molecular weight excluding hydrogens is 528 g/mol. The molecule has 2 fully saturated rings. The summed E-state index contributed by atoms with van der Waals surface area (Å²) in [5.74, 6) is -5.51. The number of alkyl halides is 6. The number of hydrogen-bond acceptors (Lipinski definition) is 7. The van der Waals surface area contributed by atoms with Crippen LogP contribution in [0.15, 0.2) is 48.9 Å². The molecule has 0 spiro atoms. The van der Waals surface area contributed by atoms with E-state index in [1.54, 1.807) is 0 Å². The first-order valence-electron chi connectivity index (χ1n) is 11.1. The van der Waals surface area contributed by atoms with Crippen molar-refractivity contribution in [3.8, 4) is 0 Å². The van der Waals surface area contributed by atoms with E-state index >= 15 is 0 Å². The van der Waals surface area contributed by atoms with E-state index in [0.29, 0.717) is 12.6 Å². The second kappa shape index (κ2) is 14.0. The predicted octanol–water partition coefficient (Wildman–Crippen LogP) is 3.69. The van der Waals surface area contributed by atoms with Crippen LogP contribution in [0.3, 0.4) is 0 Å². The SMILES string of the molecule is O=C(O)C(F)(F)F.O=C(O)C(F)(F)F.c1ccc(CO[C@H]2CC[C@H]3[C@H]2OCCN3Cc2cccnc2)nc1. The van der Waals surface area contributed by atoms with Crippen LogP contribution in [-0.4, -0.2) is 80.8 Å². The van der Waals surface area contributed by atoms with E-state index < -0.39 is 24.3 Å². The third-order valence-electron chi connectivity index (χ3n) is 5.42. The summed E-state index contributed by atoms with van der Waals surface area (Å²) in [7, 11) is 0. The number of rotatable bonds is 5. The van der Waals surface area contributed by atoms with Gasteiger partial charge in [-0.15, -0.1) is 0 Å². The molecule has 1 saturated heterocycles. The van der Waals surface area contributed by atoms with Gasteiger partial charge in [-0.2, -0.15) is 26.3 Å². The Morgan fingerprint density at radius 1 is 1.00 bits per heavy atom. The second-order valence-electron chi connectivity index (χ2n) is 8.09. The zero-order valence-electron chi connectivity index (χ0n) is 19.7. The van der Waals surface area contributed by atoms with Gasteiger partial charge in [-0.05, 0) is 36.6 Å². The molecule has 1 saturated carbocycles. The molecule has 15 heteroatoms. The van der Waals surface area contributed by atoms with Gasteiger partial charge >= 0.3 is 24.3 Å². The van der Waals surface area contributed by atoms with Gasteiger partial charge in [0.1, 0.15) is 0 Å². The molecule has 38 heavy (non-hydrogen) atoms. The highest BCUT2D eigenvalue weighted by atomic mass is 19.4. The lowest BCUT2D eigenvalue weighted by Crippen LogP contribution is -2.51. The van der Waals surface area contributed by atoms with Crippen molar-refractivity contribution in [3.63, 3.8) is 0 Å². The molecule has 2 aromatic heterocycles. The van der Waals surface area contributed by atoms with Crippen LogP contribution in [0.5, 0.6) is 0 Å². The number of nitrogens with zero attached hydrogens (tertiary/aromatic N) is 3. The Bertz CT molecular complexity index is 986. The maximum atomic E-state index is 10.6. The van der Waals surface area contributed by atoms with Gasteiger partial charge in [-0.25, -0.2) is 9.59 Å². The topological polar surface area (TPSA) is 122 Å². The molecule has 9 nitrogen and oxygen atoms in total. The molecule has 1 aliphatic carbocycles. The minimum Gasteiger partial charge on any atom is -0.475 e. The number of carbonyl (C=O) groups is 2. The second-order valence-corrected chi connectivity index (χ2v) is 8.09. The summed E-state index contributed by atoms with van der Waals surface area (Å²) < 4.78 is 75.7. The molecule has 4 rings (SSSR count). The number of carboxylic acids is 2. The normalized spacial score (nSPS) is 21.3. The Labute approximate surface area is 213 Å². The summed E-state index contributed by atoms with van der Waals surface area (Å²) in [6.45, 7) is 3.24. The molecule has 2 aromatic rings. The minimum atomic E-state index is -5.08. The third kappa shape index (κ3) is 10.2. The maximum Gasteiger partial charge on any atom is 0.490 e. The molecule has 2 N–H and O–H groups in total. The van der Waals surface area contributed by atoms with Gasteiger partial charge in [0.15, 0.2) is 0 Å². The first kappa shape index (κ1) is 30.9. The molecule has 2 aliphatic rings. The van der Waals surface area contributed by atoms with Gasteiger partial charge < -0.3 is 19.7 Å². The fraction of sp³-hybridized carbons (Fsp3) is 0.478. The highest BCUT2D eigenvalue weighted by Gasteiger charge is 2.43. The Morgan fingerprint density at radius 3 is 2.18 bits per heavy atom. The Balaban J connectivity index is 0.000000301. The van der Waals surface area contributed by atoms with Crippen molar-refractivity contribution < 1.29 is 55.6 Å². The fourth-order valence-electron chi connectivity index (χ4n) is 3.77. The van der Waals surface area contributed by atoms with E-state index in [9.17, 15) is 26.3 Å². The Hall–Kier alpha value is -3.30. The molecule has 210 valence electrons. The number of ether oxygens (including phenoxy) is 2. The van der Waals surface area contributed by atoms with Crippen LogP contribution in [0.4, 0.5) is 26.3 Å². The minimum absolute atomic E-state index is 0.161. The standard InChI is InChI=1S/C19H23N3O2.2C2HF3O2/c1-2-9-21-16(5-1)14-24-18-7-6-17-19(18)23-11-10-22(17)13-15-4-3-8-20-12-15;2*3-2(4,5)1(6)7/h1-5,8-9,12,17-19H,6-7,10-11,13-14H2;2*(H,6,7)/t17-,18-,19+;;/m0../s1. The van der Waals surface area contributed by atoms with E-state index in [-0.39, 0.29) is 12.2 Å². The highest BCUT2D eigenvalue weighted by molar-refractivity contribution is 5.73. The van der Waals surface area contributed by atoms with Crippen molar-refractivity contribution >= 4 is 11.9 Å². The quantitative estimate of drug-likeness (QED) is 0.534. The van der Waals surface area contributed by atoms with Crippen molar-refractivity contribution in [2.45, 2.75) is 56.6 Å². The van der Waals surface area contributed by atoms with Crippen LogP contribution in [0.2, 0.25) is 0 Å². The van der Waals surface area contributed by atoms with E-state index in [1.807, 2.05) is 42.9 Å². The lowest BCUT2D eigenvalue weighted by molar-refractivity contribution is -0.193. The Kier molecular flexibility index (Phi) is 11.4. The lowest BCUT2D eigenvalue weighted by Gasteiger charge is -2.39. The highest BCUT2D eigenvalue weighted by Crippen LogP contribution is 2.33. The number of fused-ring (bicyclic) bond motifs is 1. The average molecular weight is 553 g/mol. The van der Waals surface area contributed by atoms with Gasteiger partial charge in [0.05, 0.1) is 31.1 Å². The molecule has 1 aliphatic heterocycles. The Morgan fingerprint density at radius 2 is 1.66 bits per heavy atom. The van der Waals surface area contributed by atoms with Crippen molar-refractivity contribution in [3.05, 3.63) is 60.2 Å². The zero-order chi connectivity index (χ0) is 28.3. The number of pyridine rings is 2. The number of aromatic nitrogens is 2. The van der Waals surface area contributed by atoms with Crippen LogP contribution in [0.25, 0.3) is 0 Å². The van der Waals surface area contributed by atoms with Crippen LogP contribution in [0.1, 0.15) is 24.1 Å². The molecule has 3 heterocycles. The van der Waals surface area contributed by atoms with E-state index in [1.165, 1.54) is 5.56 Å². The molecule has 0 bridgehead atoms. The van der Waals surface area contributed by atoms with Gasteiger partial charge in [-0.1, -0.05) is 12.1 Å². The summed E-state index contributed by atoms with van der Waals surface area (Å²) in [5.41, 5.74) is 2.24. The summed E-state index contributed by atoms with van der Waals surface area (Å²) >= 11 is 0. The van der Waals surface area contributed by atoms with E-state index in [2.05, 4.69) is 20.9 Å². The third-order valence-corrected chi connectivity index (χ3v) is 5.42. The van der Waals surface area contributed by atoms with Gasteiger partial charge in [0.2, 0.25) is 0 Å². The van der Waals surface area contributed by atoms with Crippen LogP contribution in [0, 0.1) is 0 Å². The van der Waals surface area contributed by atoms with Crippen molar-refractivity contribution in [2.24, 2.45) is 0 Å². The largest absolute Gasteiger partial charge is 0.490 e. The molecule has 0 amide bonds. The van der Waals surface area contributed by atoms with Crippen molar-refractivity contribution in [1.82, 2.24) is 14.9 Å². The number of hydrogen-bond donors (Lipinski definition) is 2. The molecule has 0 radical (unpaired) electrons. The summed E-state index contributed by atoms with van der Waals surface area (Å²) in [6.07, 6.45) is -2.09. The van der Waals surface area contributed by atoms with Crippen LogP contribution in [-0.2, 0) is 32.2 Å². The molecular formula is C23H25F6N3O6. The first-order valence-corrected chi connectivity index (χ1v) is 11.1. The fourth-order valence-corrected chi connectivity index (χ4v) is 3.77. The lowest BCUT2D eigenvalue weighted by atomic mass is 10.1. The number of morpholine rings is 1. The van der Waals surface area contributed by atoms with E-state index in [4.69, 9.17) is 29.3 Å². The average Bonchev–Trinajstić information content (AvgIpc) is 3.28. The molecule has 0 unspecified atom stereocenters. The number of aliphatic carboxylic acids is 2. The first-order chi connectivity index (χ1) is 17.8. The smallest absolute Gasteiger partial charge is 0.475 e. The van der Waals surface area contributed by atoms with Crippen LogP contribution >= 0.6 is 0 Å². The maximum absolute atomic E-state index is 10.6. The number of halogens is 6. The van der Waals surface area contributed by atoms with Crippen molar-refractivity contribution in [1.29, 1.82) is 0 Å². The van der Waals surface area contributed by atoms with Gasteiger partial charge in [0, 0.05) is 37.7 Å². The van der Waals surface area contributed by atoms with E-state index in [0.717, 1.165) is 38.2 Å². The summed E-state index contributed by atoms with van der Waals surface area (Å²) in [5, 5.41) is 14.2. The van der Waals surface area contributed by atoms with Crippen molar-refractivity contribution in [2.75, 3.05) is 13.2 Å².